The predicted octanol–water partition coefficient (Wildman–Crippen LogP) is 3.46. The number of aryl methyl sites for hydroxylation is 2. The standard InChI is InChI=1S/C16H13N5S/c1-10-14(22-16(19-10)12-4-3-7-17-8-12)13-6-5-11-9-18-21(2)15(11)20-13/h3-9H,1-2H3. The van der Waals surface area contributed by atoms with E-state index in [0.29, 0.717) is 0 Å². The fourth-order valence-corrected chi connectivity index (χ4v) is 3.42. The minimum absolute atomic E-state index is 0.883. The summed E-state index contributed by atoms with van der Waals surface area (Å²) < 4.78 is 1.79. The second-order valence-electron chi connectivity index (χ2n) is 5.05. The van der Waals surface area contributed by atoms with Crippen molar-refractivity contribution in [1.29, 1.82) is 0 Å². The number of nitrogens with zero attached hydrogens (tertiary/aromatic N) is 5. The Kier molecular flexibility index (Phi) is 2.97. The Morgan fingerprint density at radius 1 is 1.09 bits per heavy atom. The first-order valence-electron chi connectivity index (χ1n) is 6.89. The first-order valence-corrected chi connectivity index (χ1v) is 7.71. The quantitative estimate of drug-likeness (QED) is 0.569. The molecule has 108 valence electrons. The molecule has 0 spiro atoms. The zero-order chi connectivity index (χ0) is 15.1. The molecule has 5 nitrogen and oxygen atoms in total. The van der Waals surface area contributed by atoms with Crippen LogP contribution in [0, 0.1) is 6.92 Å². The van der Waals surface area contributed by atoms with Crippen LogP contribution in [0.1, 0.15) is 5.69 Å². The lowest BCUT2D eigenvalue weighted by Gasteiger charge is -1.99. The molecule has 22 heavy (non-hydrogen) atoms. The molecule has 0 amide bonds. The van der Waals surface area contributed by atoms with Gasteiger partial charge in [-0.3, -0.25) is 9.67 Å². The summed E-state index contributed by atoms with van der Waals surface area (Å²) >= 11 is 1.64. The van der Waals surface area contributed by atoms with Crippen LogP contribution in [-0.2, 0) is 7.05 Å². The van der Waals surface area contributed by atoms with Crippen LogP contribution >= 0.6 is 11.3 Å². The van der Waals surface area contributed by atoms with Crippen LogP contribution in [0.15, 0.2) is 42.9 Å². The third-order valence-electron chi connectivity index (χ3n) is 3.52. The highest BCUT2D eigenvalue weighted by Gasteiger charge is 2.13. The molecule has 4 rings (SSSR count). The second kappa shape index (κ2) is 4.99. The van der Waals surface area contributed by atoms with Crippen LogP contribution in [0.3, 0.4) is 0 Å². The van der Waals surface area contributed by atoms with Crippen molar-refractivity contribution in [3.8, 4) is 21.1 Å². The molecule has 0 radical (unpaired) electrons. The van der Waals surface area contributed by atoms with Crippen molar-refractivity contribution in [1.82, 2.24) is 24.7 Å². The molecule has 4 heterocycles. The van der Waals surface area contributed by atoms with E-state index in [9.17, 15) is 0 Å². The number of hydrogen-bond acceptors (Lipinski definition) is 5. The van der Waals surface area contributed by atoms with Gasteiger partial charge in [-0.1, -0.05) is 0 Å². The molecule has 0 aromatic carbocycles. The third-order valence-corrected chi connectivity index (χ3v) is 4.75. The number of aromatic nitrogens is 5. The van der Waals surface area contributed by atoms with E-state index >= 15 is 0 Å². The summed E-state index contributed by atoms with van der Waals surface area (Å²) in [4.78, 5) is 14.6. The molecule has 0 bridgehead atoms. The number of hydrogen-bond donors (Lipinski definition) is 0. The third kappa shape index (κ3) is 2.08. The first-order chi connectivity index (χ1) is 10.7. The Bertz CT molecular complexity index is 955. The zero-order valence-electron chi connectivity index (χ0n) is 12.2. The minimum Gasteiger partial charge on any atom is -0.264 e. The predicted molar refractivity (Wildman–Crippen MR) is 87.6 cm³/mol. The van der Waals surface area contributed by atoms with Gasteiger partial charge in [0.2, 0.25) is 0 Å². The lowest BCUT2D eigenvalue weighted by atomic mass is 10.2. The van der Waals surface area contributed by atoms with Crippen molar-refractivity contribution in [2.24, 2.45) is 7.05 Å². The molecule has 4 aromatic rings. The fraction of sp³-hybridized carbons (Fsp3) is 0.125. The second-order valence-corrected chi connectivity index (χ2v) is 6.05. The van der Waals surface area contributed by atoms with E-state index in [1.165, 1.54) is 0 Å². The van der Waals surface area contributed by atoms with E-state index in [-0.39, 0.29) is 0 Å². The molecule has 0 saturated heterocycles. The van der Waals surface area contributed by atoms with Gasteiger partial charge in [0.05, 0.1) is 22.5 Å². The number of pyridine rings is 2. The molecule has 0 N–H and O–H groups in total. The van der Waals surface area contributed by atoms with Crippen molar-refractivity contribution >= 4 is 22.4 Å². The Morgan fingerprint density at radius 2 is 2.00 bits per heavy atom. The van der Waals surface area contributed by atoms with E-state index in [1.54, 1.807) is 22.2 Å². The molecule has 6 heteroatoms. The van der Waals surface area contributed by atoms with Crippen molar-refractivity contribution in [3.63, 3.8) is 0 Å². The normalized spacial score (nSPS) is 11.2. The summed E-state index contributed by atoms with van der Waals surface area (Å²) in [6.45, 7) is 2.01. The van der Waals surface area contributed by atoms with Crippen molar-refractivity contribution in [2.45, 2.75) is 6.92 Å². The Labute approximate surface area is 131 Å². The van der Waals surface area contributed by atoms with Gasteiger partial charge >= 0.3 is 0 Å². The largest absolute Gasteiger partial charge is 0.264 e. The first kappa shape index (κ1) is 13.1. The van der Waals surface area contributed by atoms with E-state index in [0.717, 1.165) is 37.9 Å². The molecular weight excluding hydrogens is 294 g/mol. The Morgan fingerprint density at radius 3 is 2.82 bits per heavy atom. The highest BCUT2D eigenvalue weighted by Crippen LogP contribution is 2.34. The monoisotopic (exact) mass is 307 g/mol. The molecule has 0 saturated carbocycles. The summed E-state index contributed by atoms with van der Waals surface area (Å²) in [6.07, 6.45) is 5.43. The average Bonchev–Trinajstić information content (AvgIpc) is 3.12. The van der Waals surface area contributed by atoms with Gasteiger partial charge in [-0.05, 0) is 31.2 Å². The Balaban J connectivity index is 1.84. The maximum atomic E-state index is 4.73. The smallest absolute Gasteiger partial charge is 0.158 e. The van der Waals surface area contributed by atoms with Gasteiger partial charge in [0.1, 0.15) is 5.01 Å². The highest BCUT2D eigenvalue weighted by molar-refractivity contribution is 7.18. The molecule has 0 aliphatic heterocycles. The summed E-state index contributed by atoms with van der Waals surface area (Å²) in [5.74, 6) is 0. The maximum absolute atomic E-state index is 4.73. The van der Waals surface area contributed by atoms with Crippen LogP contribution in [-0.4, -0.2) is 24.7 Å². The van der Waals surface area contributed by atoms with Crippen LogP contribution in [0.5, 0.6) is 0 Å². The summed E-state index contributed by atoms with van der Waals surface area (Å²) in [5.41, 5.74) is 3.83. The van der Waals surface area contributed by atoms with Crippen molar-refractivity contribution in [3.05, 3.63) is 48.5 Å². The van der Waals surface area contributed by atoms with Gasteiger partial charge in [0, 0.05) is 30.4 Å². The van der Waals surface area contributed by atoms with Crippen LogP contribution in [0.25, 0.3) is 32.2 Å². The lowest BCUT2D eigenvalue weighted by Crippen LogP contribution is -1.92. The molecule has 0 unspecified atom stereocenters. The van der Waals surface area contributed by atoms with Crippen LogP contribution in [0.4, 0.5) is 0 Å². The summed E-state index contributed by atoms with van der Waals surface area (Å²) in [5, 5.41) is 6.25. The lowest BCUT2D eigenvalue weighted by molar-refractivity contribution is 0.787. The van der Waals surface area contributed by atoms with Gasteiger partial charge in [-0.2, -0.15) is 5.10 Å². The van der Waals surface area contributed by atoms with Crippen LogP contribution in [0.2, 0.25) is 0 Å². The van der Waals surface area contributed by atoms with E-state index in [1.807, 2.05) is 50.6 Å². The SMILES string of the molecule is Cc1nc(-c2cccnc2)sc1-c1ccc2cnn(C)c2n1. The number of rotatable bonds is 2. The van der Waals surface area contributed by atoms with Gasteiger partial charge in [0.15, 0.2) is 5.65 Å². The van der Waals surface area contributed by atoms with E-state index in [2.05, 4.69) is 15.1 Å². The number of thiazole rings is 1. The maximum Gasteiger partial charge on any atom is 0.158 e. The van der Waals surface area contributed by atoms with Crippen molar-refractivity contribution < 1.29 is 0 Å². The molecule has 0 fully saturated rings. The molecule has 0 atom stereocenters. The van der Waals surface area contributed by atoms with Crippen molar-refractivity contribution in [2.75, 3.05) is 0 Å². The molecule has 0 aliphatic carbocycles. The summed E-state index contributed by atoms with van der Waals surface area (Å²) in [6, 6.07) is 8.02. The topological polar surface area (TPSA) is 56.5 Å². The molecule has 0 aliphatic rings. The Hall–Kier alpha value is -2.60. The fourth-order valence-electron chi connectivity index (χ4n) is 2.40. The van der Waals surface area contributed by atoms with Crippen LogP contribution < -0.4 is 0 Å². The zero-order valence-corrected chi connectivity index (χ0v) is 13.0. The van der Waals surface area contributed by atoms with Gasteiger partial charge in [-0.25, -0.2) is 9.97 Å². The van der Waals surface area contributed by atoms with Gasteiger partial charge in [-0.15, -0.1) is 11.3 Å². The molecule has 4 aromatic heterocycles. The number of fused-ring (bicyclic) bond motifs is 1. The average molecular weight is 307 g/mol. The molecular formula is C16H13N5S. The van der Waals surface area contributed by atoms with Gasteiger partial charge in [0.25, 0.3) is 0 Å². The summed E-state index contributed by atoms with van der Waals surface area (Å²) in [7, 11) is 1.90. The minimum atomic E-state index is 0.883. The highest BCUT2D eigenvalue weighted by atomic mass is 32.1. The van der Waals surface area contributed by atoms with E-state index < -0.39 is 0 Å². The van der Waals surface area contributed by atoms with E-state index in [4.69, 9.17) is 4.98 Å². The van der Waals surface area contributed by atoms with Gasteiger partial charge < -0.3 is 0 Å².